The molecule has 2 aromatic carbocycles. The average molecular weight is 705 g/mol. The molecule has 1 atom stereocenters. The number of piperazine rings is 1. The second kappa shape index (κ2) is 15.2. The Labute approximate surface area is 296 Å². The Bertz CT molecular complexity index is 2350. The number of nitrogens with two attached hydrogens (primary N) is 1. The largest absolute Gasteiger partial charge is 0.506 e. The molecular weight excluding hydrogens is 668 g/mol. The highest BCUT2D eigenvalue weighted by molar-refractivity contribution is 5.99. The first-order chi connectivity index (χ1) is 25.0. The van der Waals surface area contributed by atoms with Crippen LogP contribution in [0.4, 0.5) is 5.82 Å². The number of benzene rings is 2. The van der Waals surface area contributed by atoms with Crippen molar-refractivity contribution >= 4 is 39.6 Å². The molecule has 0 spiro atoms. The Balaban J connectivity index is 0.000000522. The zero-order valence-corrected chi connectivity index (χ0v) is 28.4. The first-order valence-electron chi connectivity index (χ1n) is 16.3. The van der Waals surface area contributed by atoms with Gasteiger partial charge in [0.1, 0.15) is 35.4 Å². The molecule has 1 saturated heterocycles. The van der Waals surface area contributed by atoms with E-state index in [1.807, 2.05) is 25.1 Å². The summed E-state index contributed by atoms with van der Waals surface area (Å²) >= 11 is 0. The number of anilines is 1. The molecule has 0 aliphatic carbocycles. The molecule has 0 amide bonds. The van der Waals surface area contributed by atoms with E-state index in [4.69, 9.17) is 25.5 Å². The number of carboxylic acids is 2. The maximum absolute atomic E-state index is 13.4. The van der Waals surface area contributed by atoms with Crippen LogP contribution in [-0.2, 0) is 16.1 Å². The highest BCUT2D eigenvalue weighted by atomic mass is 16.4. The number of likely N-dealkylation sites (N-methyl/N-ethyl adjacent to an activating group) is 1. The van der Waals surface area contributed by atoms with E-state index in [0.29, 0.717) is 45.6 Å². The van der Waals surface area contributed by atoms with E-state index in [1.165, 1.54) is 18.1 Å². The van der Waals surface area contributed by atoms with Crippen molar-refractivity contribution in [2.24, 2.45) is 0 Å². The van der Waals surface area contributed by atoms with Gasteiger partial charge in [-0.25, -0.2) is 29.0 Å². The van der Waals surface area contributed by atoms with E-state index in [0.717, 1.165) is 49.2 Å². The number of pyridine rings is 1. The molecule has 1 aliphatic rings. The number of aromatic hydroxyl groups is 1. The Morgan fingerprint density at radius 1 is 0.942 bits per heavy atom. The minimum Gasteiger partial charge on any atom is -0.506 e. The van der Waals surface area contributed by atoms with Crippen LogP contribution >= 0.6 is 0 Å². The zero-order chi connectivity index (χ0) is 36.9. The second-order valence-electron chi connectivity index (χ2n) is 12.3. The van der Waals surface area contributed by atoms with Crippen LogP contribution in [0.1, 0.15) is 24.3 Å². The molecule has 6 aromatic rings. The fourth-order valence-electron chi connectivity index (χ4n) is 6.18. The number of aliphatic carboxylic acids is 2. The Morgan fingerprint density at radius 3 is 2.35 bits per heavy atom. The van der Waals surface area contributed by atoms with E-state index in [1.54, 1.807) is 23.0 Å². The maximum Gasteiger partial charge on any atom is 0.343 e. The van der Waals surface area contributed by atoms with Gasteiger partial charge in [0.2, 0.25) is 0 Å². The Morgan fingerprint density at radius 2 is 1.65 bits per heavy atom. The highest BCUT2D eigenvalue weighted by Gasteiger charge is 2.27. The van der Waals surface area contributed by atoms with Crippen LogP contribution in [0.2, 0.25) is 0 Å². The number of hydrogen-bond acceptors (Lipinski definition) is 12. The van der Waals surface area contributed by atoms with Gasteiger partial charge in [0.05, 0.1) is 17.0 Å². The van der Waals surface area contributed by atoms with Crippen molar-refractivity contribution in [2.45, 2.75) is 19.5 Å². The fraction of sp³-hybridized carbons (Fsp3) is 0.216. The van der Waals surface area contributed by atoms with Crippen LogP contribution < -0.4 is 11.4 Å². The molecule has 1 fully saturated rings. The maximum atomic E-state index is 13.4. The topological polar surface area (TPSA) is 214 Å². The molecule has 4 aromatic heterocycles. The van der Waals surface area contributed by atoms with Crippen LogP contribution in [0, 0.1) is 0 Å². The lowest BCUT2D eigenvalue weighted by Crippen LogP contribution is -2.43. The van der Waals surface area contributed by atoms with Gasteiger partial charge in [-0.05, 0) is 43.3 Å². The lowest BCUT2D eigenvalue weighted by atomic mass is 9.94. The first kappa shape index (κ1) is 35.4. The molecule has 7 rings (SSSR count). The number of fused-ring (bicyclic) bond motifs is 2. The van der Waals surface area contributed by atoms with E-state index in [2.05, 4.69) is 56.1 Å². The van der Waals surface area contributed by atoms with E-state index >= 15 is 0 Å². The number of hydrogen-bond donors (Lipinski definition) is 4. The summed E-state index contributed by atoms with van der Waals surface area (Å²) in [4.78, 5) is 50.1. The quantitative estimate of drug-likeness (QED) is 0.165. The number of rotatable bonds is 8. The number of aromatic nitrogens is 5. The molecular formula is C37H36N8O7. The number of nitrogen functional groups attached to an aromatic ring is 1. The molecule has 52 heavy (non-hydrogen) atoms. The van der Waals surface area contributed by atoms with Crippen molar-refractivity contribution in [3.63, 3.8) is 0 Å². The molecule has 0 saturated carbocycles. The third-order valence-corrected chi connectivity index (χ3v) is 8.71. The minimum atomic E-state index is -1.26. The van der Waals surface area contributed by atoms with Gasteiger partial charge in [-0.1, -0.05) is 36.4 Å². The average Bonchev–Trinajstić information content (AvgIpc) is 3.53. The van der Waals surface area contributed by atoms with Crippen LogP contribution in [0.15, 0.2) is 94.7 Å². The van der Waals surface area contributed by atoms with Gasteiger partial charge in [0.15, 0.2) is 5.65 Å². The van der Waals surface area contributed by atoms with Crippen LogP contribution in [0.3, 0.4) is 0 Å². The third kappa shape index (κ3) is 7.65. The summed E-state index contributed by atoms with van der Waals surface area (Å²) in [5.74, 6) is -1.83. The monoisotopic (exact) mass is 704 g/mol. The molecule has 1 aliphatic heterocycles. The summed E-state index contributed by atoms with van der Waals surface area (Å²) in [5, 5.41) is 32.5. The molecule has 5 N–H and O–H groups in total. The van der Waals surface area contributed by atoms with Gasteiger partial charge in [-0.15, -0.1) is 0 Å². The van der Waals surface area contributed by atoms with E-state index < -0.39 is 23.6 Å². The predicted octanol–water partition coefficient (Wildman–Crippen LogP) is 4.02. The summed E-state index contributed by atoms with van der Waals surface area (Å²) in [6.45, 7) is 6.87. The Kier molecular flexibility index (Phi) is 10.3. The van der Waals surface area contributed by atoms with Gasteiger partial charge in [-0.3, -0.25) is 9.88 Å². The molecule has 15 heteroatoms. The normalized spacial score (nSPS) is 14.3. The molecule has 0 unspecified atom stereocenters. The van der Waals surface area contributed by atoms with E-state index in [-0.39, 0.29) is 11.6 Å². The van der Waals surface area contributed by atoms with Crippen molar-refractivity contribution in [3.05, 3.63) is 107 Å². The van der Waals surface area contributed by atoms with Crippen molar-refractivity contribution in [1.29, 1.82) is 0 Å². The number of carbonyl (C=O) groups is 2. The molecule has 266 valence electrons. The lowest BCUT2D eigenvalue weighted by Gasteiger charge is -2.32. The van der Waals surface area contributed by atoms with Crippen LogP contribution in [-0.4, -0.2) is 95.0 Å². The predicted molar refractivity (Wildman–Crippen MR) is 194 cm³/mol. The van der Waals surface area contributed by atoms with Crippen LogP contribution in [0.5, 0.6) is 5.75 Å². The second-order valence-corrected chi connectivity index (χ2v) is 12.3. The Hall–Kier alpha value is -6.45. The molecule has 0 radical (unpaired) electrons. The van der Waals surface area contributed by atoms with Gasteiger partial charge in [-0.2, -0.15) is 5.10 Å². The molecule has 15 nitrogen and oxygen atoms in total. The van der Waals surface area contributed by atoms with E-state index in [9.17, 15) is 19.5 Å². The number of carboxylic acid groups (broad SMARTS) is 2. The van der Waals surface area contributed by atoms with Crippen molar-refractivity contribution in [1.82, 2.24) is 34.5 Å². The minimum absolute atomic E-state index is 0.00654. The fourth-order valence-corrected chi connectivity index (χ4v) is 6.18. The summed E-state index contributed by atoms with van der Waals surface area (Å²) in [6.07, 6.45) is 5.44. The van der Waals surface area contributed by atoms with Crippen molar-refractivity contribution in [3.8, 4) is 28.1 Å². The number of nitrogens with zero attached hydrogens (tertiary/aromatic N) is 7. The van der Waals surface area contributed by atoms with Crippen molar-refractivity contribution in [2.75, 3.05) is 39.0 Å². The lowest BCUT2D eigenvalue weighted by molar-refractivity contribution is -0.134. The third-order valence-electron chi connectivity index (χ3n) is 8.71. The van der Waals surface area contributed by atoms with Gasteiger partial charge in [0.25, 0.3) is 0 Å². The molecule has 0 bridgehead atoms. The SMILES string of the molecule is C[C@@H](c1oc(=O)c2ccccc2c1-c1cccc(CN2CCN(C)CC2)c1)n1nc(-c2cncc(O)c2)c2c(N)ncnc21.O=C(O)/C=C\C(=O)O. The van der Waals surface area contributed by atoms with Gasteiger partial charge >= 0.3 is 17.6 Å². The van der Waals surface area contributed by atoms with Gasteiger partial charge < -0.3 is 30.4 Å². The summed E-state index contributed by atoms with van der Waals surface area (Å²) in [7, 11) is 2.15. The van der Waals surface area contributed by atoms with Gasteiger partial charge in [0, 0.05) is 67.6 Å². The highest BCUT2D eigenvalue weighted by Crippen LogP contribution is 2.38. The first-order valence-corrected chi connectivity index (χ1v) is 16.3. The summed E-state index contributed by atoms with van der Waals surface area (Å²) in [5.41, 5.74) is 10.3. The molecule has 5 heterocycles. The zero-order valence-electron chi connectivity index (χ0n) is 28.4. The summed E-state index contributed by atoms with van der Waals surface area (Å²) < 4.78 is 7.84. The van der Waals surface area contributed by atoms with Crippen molar-refractivity contribution < 1.29 is 29.3 Å². The van der Waals surface area contributed by atoms with Crippen LogP contribution in [0.25, 0.3) is 44.2 Å². The smallest absolute Gasteiger partial charge is 0.343 e. The summed E-state index contributed by atoms with van der Waals surface area (Å²) in [6, 6.07) is 16.9. The standard InChI is InChI=1S/C33H32N8O3.C4H4O4/c1-20(41-32-28(31(34)36-19-37-32)29(38-41)23-15-24(42)17-35-16-23)30-27(25-8-3-4-9-26(25)33(43)44-30)22-7-5-6-21(14-22)18-40-12-10-39(2)11-13-40;5-3(6)1-2-4(7)8/h3-9,14-17,19-20,42H,10-13,18H2,1-2H3,(H2,34,36,37);1-2H,(H,5,6)(H,7,8)/b;2-1-/t20-;/m0./s1.